The fourth-order valence-corrected chi connectivity index (χ4v) is 5.53. The number of benzene rings is 3. The molecule has 212 valence electrons. The predicted octanol–water partition coefficient (Wildman–Crippen LogP) is 3.86. The minimum Gasteiger partial charge on any atom is -0.484 e. The van der Waals surface area contributed by atoms with Gasteiger partial charge in [-0.25, -0.2) is 17.2 Å². The molecule has 2 N–H and O–H groups in total. The molecule has 0 unspecified atom stereocenters. The van der Waals surface area contributed by atoms with E-state index in [1.807, 2.05) is 0 Å². The number of rotatable bonds is 7. The lowest BCUT2D eigenvalue weighted by molar-refractivity contribution is -0.137. The molecular formula is C26H22F5N3O5S. The first-order chi connectivity index (χ1) is 18.8. The van der Waals surface area contributed by atoms with Gasteiger partial charge in [-0.2, -0.15) is 13.2 Å². The maximum atomic E-state index is 14.5. The third kappa shape index (κ3) is 6.33. The fraction of sp³-hybridized carbons (Fsp3) is 0.231. The first-order valence-electron chi connectivity index (χ1n) is 11.7. The Morgan fingerprint density at radius 3 is 2.48 bits per heavy atom. The zero-order valence-electron chi connectivity index (χ0n) is 20.8. The maximum absolute atomic E-state index is 14.5. The molecule has 8 nitrogen and oxygen atoms in total. The lowest BCUT2D eigenvalue weighted by Crippen LogP contribution is -2.49. The first-order valence-corrected chi connectivity index (χ1v) is 13.2. The molecule has 0 saturated carbocycles. The number of carbonyl (C=O) groups excluding carboxylic acids is 2. The summed E-state index contributed by atoms with van der Waals surface area (Å²) in [4.78, 5) is 22.4. The number of halogens is 5. The first kappa shape index (κ1) is 28.8. The van der Waals surface area contributed by atoms with Crippen LogP contribution >= 0.6 is 0 Å². The third-order valence-electron chi connectivity index (χ3n) is 5.90. The molecule has 0 aromatic heterocycles. The number of anilines is 1. The number of carbonyl (C=O) groups is 2. The number of alkyl halides is 3. The van der Waals surface area contributed by atoms with E-state index in [-0.39, 0.29) is 35.7 Å². The number of ether oxygens (including phenoxy) is 1. The molecule has 40 heavy (non-hydrogen) atoms. The third-order valence-corrected chi connectivity index (χ3v) is 7.68. The van der Waals surface area contributed by atoms with Crippen molar-refractivity contribution in [1.29, 1.82) is 0 Å². The van der Waals surface area contributed by atoms with E-state index in [9.17, 15) is 40.0 Å². The number of nitrogens with one attached hydrogen (secondary N) is 2. The van der Waals surface area contributed by atoms with E-state index in [2.05, 4.69) is 10.6 Å². The van der Waals surface area contributed by atoms with Gasteiger partial charge in [0.1, 0.15) is 23.5 Å². The van der Waals surface area contributed by atoms with Crippen LogP contribution in [0, 0.1) is 11.6 Å². The van der Waals surface area contributed by atoms with E-state index in [1.165, 1.54) is 25.1 Å². The lowest BCUT2D eigenvalue weighted by atomic mass is 10.0. The van der Waals surface area contributed by atoms with Crippen LogP contribution in [0.2, 0.25) is 0 Å². The van der Waals surface area contributed by atoms with Crippen molar-refractivity contribution in [3.05, 3.63) is 77.9 Å². The summed E-state index contributed by atoms with van der Waals surface area (Å²) < 4.78 is 102. The SMILES string of the molecule is CC(=O)NCC(=O)NC[C@H]1CN(S(=O)(=O)c2cccc(C(F)(F)F)c2)c2cc(-c3cc(F)ccc3F)ccc2O1. The van der Waals surface area contributed by atoms with E-state index >= 15 is 0 Å². The number of sulfonamides is 1. The van der Waals surface area contributed by atoms with Crippen LogP contribution in [0.5, 0.6) is 5.75 Å². The van der Waals surface area contributed by atoms with Gasteiger partial charge in [0, 0.05) is 12.5 Å². The van der Waals surface area contributed by atoms with Gasteiger partial charge < -0.3 is 15.4 Å². The Morgan fingerprint density at radius 1 is 1.02 bits per heavy atom. The quantitative estimate of drug-likeness (QED) is 0.411. The van der Waals surface area contributed by atoms with E-state index in [0.29, 0.717) is 6.07 Å². The smallest absolute Gasteiger partial charge is 0.416 e. The Morgan fingerprint density at radius 2 is 1.77 bits per heavy atom. The van der Waals surface area contributed by atoms with Gasteiger partial charge in [0.15, 0.2) is 0 Å². The average Bonchev–Trinajstić information content (AvgIpc) is 2.90. The molecule has 1 aliphatic rings. The number of hydrogen-bond acceptors (Lipinski definition) is 5. The molecule has 0 spiro atoms. The summed E-state index contributed by atoms with van der Waals surface area (Å²) in [6.45, 7) is 0.218. The second-order valence-electron chi connectivity index (χ2n) is 8.82. The standard InChI is InChI=1S/C26H22F5N3O5S/c1-15(35)32-13-25(36)33-12-19-14-34(40(37,38)20-4-2-3-17(10-20)26(29,30)31)23-9-16(5-8-24(23)39-19)21-11-18(27)6-7-22(21)28/h2-11,19H,12-14H2,1H3,(H,32,35)(H,33,36)/t19-/m0/s1. The zero-order chi connectivity index (χ0) is 29.2. The van der Waals surface area contributed by atoms with Crippen molar-refractivity contribution in [3.63, 3.8) is 0 Å². The normalized spacial score (nSPS) is 15.2. The molecule has 1 atom stereocenters. The van der Waals surface area contributed by atoms with Gasteiger partial charge in [0.25, 0.3) is 10.0 Å². The maximum Gasteiger partial charge on any atom is 0.416 e. The molecule has 4 rings (SSSR count). The van der Waals surface area contributed by atoms with Gasteiger partial charge >= 0.3 is 6.18 Å². The molecule has 0 radical (unpaired) electrons. The molecule has 1 heterocycles. The molecule has 0 fully saturated rings. The van der Waals surface area contributed by atoms with Crippen molar-refractivity contribution in [2.45, 2.75) is 24.1 Å². The van der Waals surface area contributed by atoms with Crippen molar-refractivity contribution in [3.8, 4) is 16.9 Å². The van der Waals surface area contributed by atoms with Crippen LogP contribution in [0.1, 0.15) is 12.5 Å². The van der Waals surface area contributed by atoms with Gasteiger partial charge in [-0.05, 0) is 54.1 Å². The van der Waals surface area contributed by atoms with Gasteiger partial charge in [-0.1, -0.05) is 12.1 Å². The average molecular weight is 584 g/mol. The van der Waals surface area contributed by atoms with E-state index in [4.69, 9.17) is 4.74 Å². The lowest BCUT2D eigenvalue weighted by Gasteiger charge is -2.36. The second-order valence-corrected chi connectivity index (χ2v) is 10.7. The summed E-state index contributed by atoms with van der Waals surface area (Å²) in [6.07, 6.45) is -5.80. The van der Waals surface area contributed by atoms with Gasteiger partial charge in [-0.15, -0.1) is 0 Å². The van der Waals surface area contributed by atoms with Crippen molar-refractivity contribution in [1.82, 2.24) is 10.6 Å². The molecule has 3 aromatic carbocycles. The highest BCUT2D eigenvalue weighted by atomic mass is 32.2. The van der Waals surface area contributed by atoms with Crippen molar-refractivity contribution in [2.75, 3.05) is 23.9 Å². The molecular weight excluding hydrogens is 561 g/mol. The number of nitrogens with zero attached hydrogens (tertiary/aromatic N) is 1. The summed E-state index contributed by atoms with van der Waals surface area (Å²) in [5, 5.41) is 4.79. The van der Waals surface area contributed by atoms with Gasteiger partial charge in [0.05, 0.1) is 35.8 Å². The Labute approximate surface area is 225 Å². The molecule has 0 aliphatic carbocycles. The largest absolute Gasteiger partial charge is 0.484 e. The molecule has 2 amide bonds. The van der Waals surface area contributed by atoms with E-state index < -0.39 is 62.8 Å². The number of hydrogen-bond donors (Lipinski definition) is 2. The summed E-state index contributed by atoms with van der Waals surface area (Å²) in [6, 6.07) is 9.81. The predicted molar refractivity (Wildman–Crippen MR) is 134 cm³/mol. The molecule has 14 heteroatoms. The summed E-state index contributed by atoms with van der Waals surface area (Å²) >= 11 is 0. The minimum atomic E-state index is -4.81. The van der Waals surface area contributed by atoms with E-state index in [1.54, 1.807) is 0 Å². The van der Waals surface area contributed by atoms with Gasteiger partial charge in [-0.3, -0.25) is 13.9 Å². The molecule has 3 aromatic rings. The van der Waals surface area contributed by atoms with Crippen LogP contribution in [0.15, 0.2) is 65.6 Å². The van der Waals surface area contributed by atoms with Crippen LogP contribution in [0.3, 0.4) is 0 Å². The number of amides is 2. The highest BCUT2D eigenvalue weighted by Crippen LogP contribution is 2.41. The van der Waals surface area contributed by atoms with Crippen LogP contribution < -0.4 is 19.7 Å². The zero-order valence-corrected chi connectivity index (χ0v) is 21.6. The fourth-order valence-electron chi connectivity index (χ4n) is 3.99. The Hall–Kier alpha value is -4.20. The summed E-state index contributed by atoms with van der Waals surface area (Å²) in [5.74, 6) is -2.59. The van der Waals surface area contributed by atoms with Crippen LogP contribution in [-0.2, 0) is 25.8 Å². The summed E-state index contributed by atoms with van der Waals surface area (Å²) in [7, 11) is -4.65. The topological polar surface area (TPSA) is 105 Å². The highest BCUT2D eigenvalue weighted by molar-refractivity contribution is 7.92. The van der Waals surface area contributed by atoms with Crippen LogP contribution in [-0.4, -0.2) is 46.0 Å². The Balaban J connectivity index is 1.74. The van der Waals surface area contributed by atoms with Crippen LogP contribution in [0.4, 0.5) is 27.6 Å². The van der Waals surface area contributed by atoms with Crippen molar-refractivity contribution >= 4 is 27.5 Å². The Kier molecular flexibility index (Phi) is 8.00. The second kappa shape index (κ2) is 11.1. The molecule has 0 bridgehead atoms. The Bertz CT molecular complexity index is 1560. The van der Waals surface area contributed by atoms with Crippen molar-refractivity contribution in [2.24, 2.45) is 0 Å². The molecule has 1 aliphatic heterocycles. The molecule has 0 saturated heterocycles. The van der Waals surface area contributed by atoms with E-state index in [0.717, 1.165) is 40.7 Å². The van der Waals surface area contributed by atoms with Crippen molar-refractivity contribution < 1.29 is 44.7 Å². The van der Waals surface area contributed by atoms with Crippen LogP contribution in [0.25, 0.3) is 11.1 Å². The monoisotopic (exact) mass is 583 g/mol. The highest BCUT2D eigenvalue weighted by Gasteiger charge is 2.37. The number of fused-ring (bicyclic) bond motifs is 1. The minimum absolute atomic E-state index is 0.0246. The summed E-state index contributed by atoms with van der Waals surface area (Å²) in [5.41, 5.74) is -1.39. The van der Waals surface area contributed by atoms with Gasteiger partial charge in [0.2, 0.25) is 11.8 Å².